The summed E-state index contributed by atoms with van der Waals surface area (Å²) in [5.41, 5.74) is 4.09. The van der Waals surface area contributed by atoms with Gasteiger partial charge in [0.15, 0.2) is 4.80 Å². The molecule has 128 valence electrons. The fourth-order valence-electron chi connectivity index (χ4n) is 2.75. The van der Waals surface area contributed by atoms with Crippen LogP contribution in [0.2, 0.25) is 0 Å². The van der Waals surface area contributed by atoms with Crippen molar-refractivity contribution in [1.29, 1.82) is 0 Å². The van der Waals surface area contributed by atoms with Crippen LogP contribution in [0.5, 0.6) is 0 Å². The molecule has 0 aliphatic rings. The molecule has 0 bridgehead atoms. The molecule has 0 fully saturated rings. The van der Waals surface area contributed by atoms with E-state index in [4.69, 9.17) is 0 Å². The summed E-state index contributed by atoms with van der Waals surface area (Å²) < 4.78 is 2.87. The summed E-state index contributed by atoms with van der Waals surface area (Å²) in [5, 5.41) is 0. The molecule has 0 atom stereocenters. The Morgan fingerprint density at radius 2 is 1.80 bits per heavy atom. The molecule has 0 unspecified atom stereocenters. The average molecular weight is 415 g/mol. The maximum absolute atomic E-state index is 12.6. The van der Waals surface area contributed by atoms with Crippen LogP contribution in [0.1, 0.15) is 27.7 Å². The minimum absolute atomic E-state index is 0.230. The van der Waals surface area contributed by atoms with E-state index >= 15 is 0 Å². The predicted octanol–water partition coefficient (Wildman–Crippen LogP) is 5.36. The lowest BCUT2D eigenvalue weighted by atomic mass is 10.1. The molecule has 2 aromatic carbocycles. The quantitative estimate of drug-likeness (QED) is 0.567. The minimum Gasteiger partial charge on any atom is -0.316 e. The number of amides is 1. The number of thiazole rings is 1. The average Bonchev–Trinajstić information content (AvgIpc) is 2.91. The van der Waals surface area contributed by atoms with E-state index in [1.165, 1.54) is 5.56 Å². The van der Waals surface area contributed by atoms with Gasteiger partial charge in [0.25, 0.3) is 5.91 Å². The van der Waals surface area contributed by atoms with Gasteiger partial charge in [-0.3, -0.25) is 4.79 Å². The van der Waals surface area contributed by atoms with Gasteiger partial charge >= 0.3 is 0 Å². The van der Waals surface area contributed by atoms with Crippen molar-refractivity contribution in [2.75, 3.05) is 0 Å². The van der Waals surface area contributed by atoms with Gasteiger partial charge in [0.05, 0.1) is 11.3 Å². The highest BCUT2D eigenvalue weighted by Crippen LogP contribution is 2.26. The molecule has 1 heterocycles. The van der Waals surface area contributed by atoms with Crippen LogP contribution < -0.4 is 4.80 Å². The van der Waals surface area contributed by atoms with Gasteiger partial charge in [0.1, 0.15) is 0 Å². The predicted molar refractivity (Wildman–Crippen MR) is 107 cm³/mol. The zero-order chi connectivity index (χ0) is 18.0. The van der Waals surface area contributed by atoms with Gasteiger partial charge in [0.2, 0.25) is 0 Å². The number of aryl methyl sites for hydroxylation is 2. The number of rotatable bonds is 3. The molecular formula is C20H19BrN2OS. The van der Waals surface area contributed by atoms with E-state index < -0.39 is 0 Å². The third-order valence-corrected chi connectivity index (χ3v) is 5.71. The van der Waals surface area contributed by atoms with Gasteiger partial charge in [-0.25, -0.2) is 0 Å². The molecule has 3 nitrogen and oxygen atoms in total. The summed E-state index contributed by atoms with van der Waals surface area (Å²) in [7, 11) is 0. The number of benzene rings is 2. The summed E-state index contributed by atoms with van der Waals surface area (Å²) in [4.78, 5) is 18.9. The molecular weight excluding hydrogens is 396 g/mol. The van der Waals surface area contributed by atoms with Gasteiger partial charge in [-0.05, 0) is 54.4 Å². The summed E-state index contributed by atoms with van der Waals surface area (Å²) in [6.07, 6.45) is 0. The van der Waals surface area contributed by atoms with Crippen LogP contribution in [0, 0.1) is 13.8 Å². The second-order valence-electron chi connectivity index (χ2n) is 5.80. The zero-order valence-electron chi connectivity index (χ0n) is 14.4. The van der Waals surface area contributed by atoms with Gasteiger partial charge in [-0.1, -0.05) is 42.0 Å². The van der Waals surface area contributed by atoms with E-state index in [1.54, 1.807) is 17.4 Å². The molecule has 1 amide bonds. The van der Waals surface area contributed by atoms with E-state index in [1.807, 2.05) is 18.2 Å². The van der Waals surface area contributed by atoms with E-state index in [0.717, 1.165) is 32.0 Å². The number of aromatic nitrogens is 1. The lowest BCUT2D eigenvalue weighted by Crippen LogP contribution is -2.17. The molecule has 1 aromatic heterocycles. The van der Waals surface area contributed by atoms with Crippen LogP contribution in [-0.2, 0) is 6.54 Å². The van der Waals surface area contributed by atoms with Crippen molar-refractivity contribution < 1.29 is 4.79 Å². The highest BCUT2D eigenvalue weighted by Gasteiger charge is 2.14. The summed E-state index contributed by atoms with van der Waals surface area (Å²) in [5.74, 6) is -0.230. The Balaban J connectivity index is 2.12. The third-order valence-electron chi connectivity index (χ3n) is 4.02. The van der Waals surface area contributed by atoms with Crippen molar-refractivity contribution in [2.45, 2.75) is 27.3 Å². The van der Waals surface area contributed by atoms with Crippen molar-refractivity contribution in [3.63, 3.8) is 0 Å². The zero-order valence-corrected chi connectivity index (χ0v) is 16.8. The Morgan fingerprint density at radius 3 is 2.44 bits per heavy atom. The second-order valence-corrected chi connectivity index (χ2v) is 7.83. The summed E-state index contributed by atoms with van der Waals surface area (Å²) in [6.45, 7) is 6.99. The smallest absolute Gasteiger partial charge is 0.280 e. The molecule has 0 aliphatic carbocycles. The van der Waals surface area contributed by atoms with Crippen molar-refractivity contribution >= 4 is 33.2 Å². The topological polar surface area (TPSA) is 34.4 Å². The van der Waals surface area contributed by atoms with Crippen LogP contribution in [0.25, 0.3) is 11.3 Å². The Hall–Kier alpha value is -1.98. The molecule has 0 spiro atoms. The summed E-state index contributed by atoms with van der Waals surface area (Å²) in [6, 6.07) is 15.8. The highest BCUT2D eigenvalue weighted by molar-refractivity contribution is 9.10. The Kier molecular flexibility index (Phi) is 5.35. The lowest BCUT2D eigenvalue weighted by Gasteiger charge is -2.08. The Bertz CT molecular complexity index is 984. The van der Waals surface area contributed by atoms with Crippen LogP contribution in [-0.4, -0.2) is 10.5 Å². The van der Waals surface area contributed by atoms with Gasteiger partial charge < -0.3 is 4.57 Å². The maximum Gasteiger partial charge on any atom is 0.280 e. The standard InChI is InChI=1S/C20H19BrN2OS/c1-4-23-18(15-11-9-13(2)10-12-15)14(3)25-20(23)22-19(24)16-7-5-6-8-17(16)21/h5-12H,4H2,1-3H3. The monoisotopic (exact) mass is 414 g/mol. The molecule has 0 radical (unpaired) electrons. The normalized spacial score (nSPS) is 11.8. The van der Waals surface area contributed by atoms with Crippen LogP contribution >= 0.6 is 27.3 Å². The first-order valence-electron chi connectivity index (χ1n) is 8.12. The molecule has 25 heavy (non-hydrogen) atoms. The van der Waals surface area contributed by atoms with Gasteiger partial charge in [-0.15, -0.1) is 11.3 Å². The van der Waals surface area contributed by atoms with Crippen molar-refractivity contribution in [3.8, 4) is 11.3 Å². The van der Waals surface area contributed by atoms with E-state index in [-0.39, 0.29) is 5.91 Å². The first kappa shape index (κ1) is 17.8. The van der Waals surface area contributed by atoms with Crippen molar-refractivity contribution in [2.24, 2.45) is 4.99 Å². The van der Waals surface area contributed by atoms with Crippen LogP contribution in [0.15, 0.2) is 58.0 Å². The molecule has 0 saturated carbocycles. The van der Waals surface area contributed by atoms with E-state index in [0.29, 0.717) is 5.56 Å². The van der Waals surface area contributed by atoms with E-state index in [2.05, 4.69) is 70.5 Å². The molecule has 3 aromatic rings. The van der Waals surface area contributed by atoms with Crippen LogP contribution in [0.3, 0.4) is 0 Å². The number of nitrogens with zero attached hydrogens (tertiary/aromatic N) is 2. The Labute approximate surface area is 159 Å². The number of hydrogen-bond donors (Lipinski definition) is 0. The van der Waals surface area contributed by atoms with Gasteiger partial charge in [0, 0.05) is 15.9 Å². The highest BCUT2D eigenvalue weighted by atomic mass is 79.9. The number of carbonyl (C=O) groups is 1. The van der Waals surface area contributed by atoms with Crippen molar-refractivity contribution in [3.05, 3.63) is 73.8 Å². The summed E-state index contributed by atoms with van der Waals surface area (Å²) >= 11 is 4.98. The number of halogens is 1. The minimum atomic E-state index is -0.230. The van der Waals surface area contributed by atoms with Crippen LogP contribution in [0.4, 0.5) is 0 Å². The van der Waals surface area contributed by atoms with Crippen molar-refractivity contribution in [1.82, 2.24) is 4.57 Å². The van der Waals surface area contributed by atoms with E-state index in [9.17, 15) is 4.79 Å². The first-order chi connectivity index (χ1) is 12.0. The van der Waals surface area contributed by atoms with Gasteiger partial charge in [-0.2, -0.15) is 4.99 Å². The lowest BCUT2D eigenvalue weighted by molar-refractivity contribution is 0.0997. The number of hydrogen-bond acceptors (Lipinski definition) is 2. The fourth-order valence-corrected chi connectivity index (χ4v) is 4.27. The largest absolute Gasteiger partial charge is 0.316 e. The third kappa shape index (κ3) is 3.67. The molecule has 0 N–H and O–H groups in total. The SMILES string of the molecule is CCn1c(-c2ccc(C)cc2)c(C)sc1=NC(=O)c1ccccc1Br. The number of carbonyl (C=O) groups excluding carboxylic acids is 1. The molecule has 3 rings (SSSR count). The molecule has 0 saturated heterocycles. The maximum atomic E-state index is 12.6. The fraction of sp³-hybridized carbons (Fsp3) is 0.200. The first-order valence-corrected chi connectivity index (χ1v) is 9.73. The molecule has 5 heteroatoms. The molecule has 0 aliphatic heterocycles. The Morgan fingerprint density at radius 1 is 1.12 bits per heavy atom. The second kappa shape index (κ2) is 7.50.